The Kier molecular flexibility index (Phi) is 7.99. The molecule has 7 nitrogen and oxygen atoms in total. The molecule has 3 atom stereocenters. The SMILES string of the molecule is COC[C@H](C(=O)O)c1cccc(CCN[C@H](c2ccccc2)[C@H]2CNc3cccc(C#N)c3N2)c1. The maximum absolute atomic E-state index is 11.6. The van der Waals surface area contributed by atoms with E-state index in [1.165, 1.54) is 7.11 Å². The van der Waals surface area contributed by atoms with Crippen LogP contribution < -0.4 is 16.0 Å². The van der Waals surface area contributed by atoms with Crippen LogP contribution in [0.3, 0.4) is 0 Å². The van der Waals surface area contributed by atoms with Crippen LogP contribution in [0.5, 0.6) is 0 Å². The first-order valence-electron chi connectivity index (χ1n) is 11.7. The van der Waals surface area contributed by atoms with Crippen molar-refractivity contribution in [3.05, 3.63) is 95.1 Å². The van der Waals surface area contributed by atoms with Gasteiger partial charge in [-0.2, -0.15) is 5.26 Å². The van der Waals surface area contributed by atoms with E-state index in [9.17, 15) is 15.2 Å². The maximum atomic E-state index is 11.6. The van der Waals surface area contributed by atoms with Gasteiger partial charge in [0.05, 0.1) is 35.6 Å². The smallest absolute Gasteiger partial charge is 0.313 e. The van der Waals surface area contributed by atoms with Crippen LogP contribution in [-0.2, 0) is 16.0 Å². The molecule has 3 aromatic carbocycles. The lowest BCUT2D eigenvalue weighted by Gasteiger charge is -2.35. The third-order valence-electron chi connectivity index (χ3n) is 6.35. The minimum atomic E-state index is -0.890. The summed E-state index contributed by atoms with van der Waals surface area (Å²) < 4.78 is 5.10. The number of hydrogen-bond acceptors (Lipinski definition) is 6. The van der Waals surface area contributed by atoms with Crippen LogP contribution in [0.25, 0.3) is 0 Å². The Bertz CT molecular complexity index is 1190. The van der Waals surface area contributed by atoms with Crippen molar-refractivity contribution in [1.82, 2.24) is 5.32 Å². The highest BCUT2D eigenvalue weighted by Gasteiger charge is 2.28. The Morgan fingerprint density at radius 3 is 2.66 bits per heavy atom. The lowest BCUT2D eigenvalue weighted by atomic mass is 9.95. The molecule has 0 bridgehead atoms. The van der Waals surface area contributed by atoms with Crippen molar-refractivity contribution in [3.8, 4) is 6.07 Å². The number of benzene rings is 3. The minimum absolute atomic E-state index is 0.00652. The summed E-state index contributed by atoms with van der Waals surface area (Å²) in [7, 11) is 1.51. The van der Waals surface area contributed by atoms with Crippen molar-refractivity contribution in [3.63, 3.8) is 0 Å². The lowest BCUT2D eigenvalue weighted by molar-refractivity contribution is -0.140. The Morgan fingerprint density at radius 1 is 1.14 bits per heavy atom. The van der Waals surface area contributed by atoms with E-state index in [0.29, 0.717) is 18.7 Å². The van der Waals surface area contributed by atoms with Gasteiger partial charge < -0.3 is 25.8 Å². The second kappa shape index (κ2) is 11.5. The summed E-state index contributed by atoms with van der Waals surface area (Å²) in [6, 6.07) is 26.0. The van der Waals surface area contributed by atoms with E-state index in [-0.39, 0.29) is 18.7 Å². The number of nitrogens with one attached hydrogen (secondary N) is 3. The molecular formula is C28H30N4O3. The fraction of sp³-hybridized carbons (Fsp3) is 0.286. The molecule has 0 aromatic heterocycles. The van der Waals surface area contributed by atoms with E-state index < -0.39 is 11.9 Å². The number of carbonyl (C=O) groups is 1. The van der Waals surface area contributed by atoms with Crippen molar-refractivity contribution in [2.45, 2.75) is 24.4 Å². The summed E-state index contributed by atoms with van der Waals surface area (Å²) in [5, 5.41) is 29.9. The lowest BCUT2D eigenvalue weighted by Crippen LogP contribution is -2.44. The zero-order valence-corrected chi connectivity index (χ0v) is 19.7. The molecule has 0 fully saturated rings. The number of rotatable bonds is 10. The van der Waals surface area contributed by atoms with Crippen LogP contribution >= 0.6 is 0 Å². The first kappa shape index (κ1) is 24.3. The van der Waals surface area contributed by atoms with Gasteiger partial charge in [-0.1, -0.05) is 60.7 Å². The quantitative estimate of drug-likeness (QED) is 0.353. The molecule has 0 saturated carbocycles. The van der Waals surface area contributed by atoms with Gasteiger partial charge in [-0.15, -0.1) is 0 Å². The average molecular weight is 471 g/mol. The zero-order chi connectivity index (χ0) is 24.6. The molecule has 0 amide bonds. The first-order chi connectivity index (χ1) is 17.1. The van der Waals surface area contributed by atoms with Gasteiger partial charge in [0, 0.05) is 13.7 Å². The summed E-state index contributed by atoms with van der Waals surface area (Å²) in [6.07, 6.45) is 0.747. The standard InChI is InChI=1S/C28H30N4O3/c1-35-18-23(28(33)34)21-10-5-7-19(15-21)13-14-30-26(20-8-3-2-4-9-20)25-17-31-24-12-6-11-22(16-29)27(24)32-25/h2-12,15,23,25-26,30-32H,13-14,17-18H2,1H3,(H,33,34)/t23-,25+,26+/m0/s1. The van der Waals surface area contributed by atoms with Crippen LogP contribution in [0.1, 0.15) is 34.2 Å². The number of anilines is 2. The molecule has 4 rings (SSSR count). The van der Waals surface area contributed by atoms with Crippen LogP contribution in [0.15, 0.2) is 72.8 Å². The number of nitriles is 1. The summed E-state index contributed by atoms with van der Waals surface area (Å²) in [6.45, 7) is 1.55. The van der Waals surface area contributed by atoms with Gasteiger partial charge in [0.2, 0.25) is 0 Å². The summed E-state index contributed by atoms with van der Waals surface area (Å²) in [5.74, 6) is -1.57. The van der Waals surface area contributed by atoms with Crippen molar-refractivity contribution in [2.75, 3.05) is 37.4 Å². The van der Waals surface area contributed by atoms with Crippen LogP contribution in [0.4, 0.5) is 11.4 Å². The number of aliphatic carboxylic acids is 1. The van der Waals surface area contributed by atoms with Gasteiger partial charge in [-0.3, -0.25) is 4.79 Å². The largest absolute Gasteiger partial charge is 0.481 e. The maximum Gasteiger partial charge on any atom is 0.313 e. The van der Waals surface area contributed by atoms with E-state index in [1.807, 2.05) is 60.7 Å². The Hall–Kier alpha value is -3.86. The van der Waals surface area contributed by atoms with Crippen molar-refractivity contribution >= 4 is 17.3 Å². The number of carboxylic acid groups (broad SMARTS) is 1. The number of hydrogen-bond donors (Lipinski definition) is 4. The molecule has 1 aliphatic rings. The minimum Gasteiger partial charge on any atom is -0.481 e. The summed E-state index contributed by atoms with van der Waals surface area (Å²) >= 11 is 0. The average Bonchev–Trinajstić information content (AvgIpc) is 2.89. The Balaban J connectivity index is 1.49. The molecule has 0 saturated heterocycles. The molecule has 0 spiro atoms. The van der Waals surface area contributed by atoms with Gasteiger partial charge in [-0.25, -0.2) is 0 Å². The molecule has 35 heavy (non-hydrogen) atoms. The molecule has 0 aliphatic carbocycles. The Labute approximate surface area is 205 Å². The van der Waals surface area contributed by atoms with Crippen molar-refractivity contribution in [1.29, 1.82) is 5.26 Å². The highest BCUT2D eigenvalue weighted by atomic mass is 16.5. The number of fused-ring (bicyclic) bond motifs is 1. The molecule has 180 valence electrons. The fourth-order valence-corrected chi connectivity index (χ4v) is 4.57. The molecule has 3 aromatic rings. The molecule has 4 N–H and O–H groups in total. The van der Waals surface area contributed by atoms with E-state index >= 15 is 0 Å². The molecule has 7 heteroatoms. The van der Waals surface area contributed by atoms with Gasteiger partial charge in [0.25, 0.3) is 0 Å². The number of ether oxygens (including phenoxy) is 1. The normalized spacial score (nSPS) is 16.2. The topological polar surface area (TPSA) is 106 Å². The molecule has 0 unspecified atom stereocenters. The summed E-state index contributed by atoms with van der Waals surface area (Å²) in [4.78, 5) is 11.6. The molecule has 0 radical (unpaired) electrons. The van der Waals surface area contributed by atoms with Gasteiger partial charge >= 0.3 is 5.97 Å². The number of nitrogens with zero attached hydrogens (tertiary/aromatic N) is 1. The van der Waals surface area contributed by atoms with Crippen LogP contribution in [0.2, 0.25) is 0 Å². The van der Waals surface area contributed by atoms with Crippen molar-refractivity contribution in [2.24, 2.45) is 0 Å². The zero-order valence-electron chi connectivity index (χ0n) is 19.7. The monoisotopic (exact) mass is 470 g/mol. The number of para-hydroxylation sites is 1. The second-order valence-electron chi connectivity index (χ2n) is 8.66. The van der Waals surface area contributed by atoms with Gasteiger partial charge in [-0.05, 0) is 41.8 Å². The first-order valence-corrected chi connectivity index (χ1v) is 11.7. The van der Waals surface area contributed by atoms with Gasteiger partial charge in [0.15, 0.2) is 0 Å². The van der Waals surface area contributed by atoms with Crippen molar-refractivity contribution < 1.29 is 14.6 Å². The van der Waals surface area contributed by atoms with E-state index in [1.54, 1.807) is 0 Å². The van der Waals surface area contributed by atoms with Crippen LogP contribution in [0, 0.1) is 11.3 Å². The van der Waals surface area contributed by atoms with E-state index in [2.05, 4.69) is 34.2 Å². The predicted molar refractivity (Wildman–Crippen MR) is 137 cm³/mol. The highest BCUT2D eigenvalue weighted by molar-refractivity contribution is 5.78. The van der Waals surface area contributed by atoms with E-state index in [4.69, 9.17) is 4.74 Å². The molecular weight excluding hydrogens is 440 g/mol. The summed E-state index contributed by atoms with van der Waals surface area (Å²) in [5.41, 5.74) is 5.36. The molecule has 1 aliphatic heterocycles. The third-order valence-corrected chi connectivity index (χ3v) is 6.35. The van der Waals surface area contributed by atoms with E-state index in [0.717, 1.165) is 34.5 Å². The fourth-order valence-electron chi connectivity index (χ4n) is 4.57. The van der Waals surface area contributed by atoms with Gasteiger partial charge in [0.1, 0.15) is 12.0 Å². The van der Waals surface area contributed by atoms with Crippen LogP contribution in [-0.4, -0.2) is 43.9 Å². The number of methoxy groups -OCH3 is 1. The second-order valence-corrected chi connectivity index (χ2v) is 8.66. The predicted octanol–water partition coefficient (Wildman–Crippen LogP) is 4.15. The number of carboxylic acids is 1. The third kappa shape index (κ3) is 5.80. The molecule has 1 heterocycles. The highest BCUT2D eigenvalue weighted by Crippen LogP contribution is 2.33. The Morgan fingerprint density at radius 2 is 1.91 bits per heavy atom.